The van der Waals surface area contributed by atoms with Crippen molar-refractivity contribution in [1.82, 2.24) is 4.90 Å². The molecule has 3 aromatic carbocycles. The van der Waals surface area contributed by atoms with Crippen molar-refractivity contribution in [1.29, 1.82) is 0 Å². The summed E-state index contributed by atoms with van der Waals surface area (Å²) in [4.78, 5) is 15.0. The average Bonchev–Trinajstić information content (AvgIpc) is 2.78. The molecule has 0 saturated carbocycles. The molecule has 0 heterocycles. The van der Waals surface area contributed by atoms with Crippen molar-refractivity contribution in [3.63, 3.8) is 0 Å². The van der Waals surface area contributed by atoms with Gasteiger partial charge in [-0.25, -0.2) is 4.79 Å². The third kappa shape index (κ3) is 6.10. The zero-order chi connectivity index (χ0) is 23.3. The van der Waals surface area contributed by atoms with E-state index in [-0.39, 0.29) is 6.03 Å². The second kappa shape index (κ2) is 11.3. The summed E-state index contributed by atoms with van der Waals surface area (Å²) in [6.45, 7) is 0.661. The second-order valence-electron chi connectivity index (χ2n) is 6.80. The molecule has 0 atom stereocenters. The normalized spacial score (nSPS) is 10.6. The van der Waals surface area contributed by atoms with Gasteiger partial charge in [-0.3, -0.25) is 0 Å². The molecule has 168 valence electrons. The van der Waals surface area contributed by atoms with Gasteiger partial charge >= 0.3 is 6.03 Å². The number of rotatable bonds is 7. The zero-order valence-electron chi connectivity index (χ0n) is 17.3. The molecule has 0 radical (unpaired) electrons. The number of ether oxygens (including phenoxy) is 2. The molecule has 3 aromatic rings. The first-order valence-electron chi connectivity index (χ1n) is 9.47. The highest BCUT2D eigenvalue weighted by molar-refractivity contribution is 9.11. The van der Waals surface area contributed by atoms with Gasteiger partial charge in [-0.1, -0.05) is 73.3 Å². The summed E-state index contributed by atoms with van der Waals surface area (Å²) >= 11 is 19.7. The van der Waals surface area contributed by atoms with Crippen LogP contribution in [0.1, 0.15) is 11.1 Å². The maximum atomic E-state index is 13.3. The minimum atomic E-state index is -0.342. The van der Waals surface area contributed by atoms with Crippen LogP contribution < -0.4 is 14.8 Å². The minimum Gasteiger partial charge on any atom is -0.497 e. The highest BCUT2D eigenvalue weighted by Gasteiger charge is 2.20. The number of urea groups is 1. The summed E-state index contributed by atoms with van der Waals surface area (Å²) in [5.74, 6) is 1.44. The molecular formula is C23H20Br2Cl2N2O3. The molecule has 0 aliphatic carbocycles. The summed E-state index contributed by atoms with van der Waals surface area (Å²) < 4.78 is 12.2. The van der Waals surface area contributed by atoms with E-state index in [1.165, 1.54) is 0 Å². The van der Waals surface area contributed by atoms with E-state index in [9.17, 15) is 4.79 Å². The first-order chi connectivity index (χ1) is 15.3. The fourth-order valence-corrected chi connectivity index (χ4v) is 4.88. The van der Waals surface area contributed by atoms with Crippen molar-refractivity contribution in [2.75, 3.05) is 19.5 Å². The molecular weight excluding hydrogens is 583 g/mol. The third-order valence-corrected chi connectivity index (χ3v) is 6.76. The van der Waals surface area contributed by atoms with Crippen LogP contribution in [0.3, 0.4) is 0 Å². The van der Waals surface area contributed by atoms with Gasteiger partial charge in [0.15, 0.2) is 0 Å². The number of nitrogens with one attached hydrogen (secondary N) is 1. The molecule has 0 aliphatic rings. The molecule has 9 heteroatoms. The Balaban J connectivity index is 1.92. The van der Waals surface area contributed by atoms with E-state index in [1.807, 2.05) is 36.4 Å². The van der Waals surface area contributed by atoms with Crippen molar-refractivity contribution in [3.05, 3.63) is 84.7 Å². The van der Waals surface area contributed by atoms with Crippen LogP contribution in [-0.2, 0) is 13.1 Å². The Bertz CT molecular complexity index is 1070. The maximum Gasteiger partial charge on any atom is 0.322 e. The predicted octanol–water partition coefficient (Wildman–Crippen LogP) is 7.77. The van der Waals surface area contributed by atoms with E-state index in [0.717, 1.165) is 25.8 Å². The number of para-hydroxylation sites is 1. The van der Waals surface area contributed by atoms with Gasteiger partial charge < -0.3 is 19.7 Å². The number of carbonyl (C=O) groups excluding carboxylic acids is 1. The molecule has 0 bridgehead atoms. The highest BCUT2D eigenvalue weighted by Crippen LogP contribution is 2.33. The van der Waals surface area contributed by atoms with E-state index in [0.29, 0.717) is 34.6 Å². The Labute approximate surface area is 213 Å². The molecule has 1 N–H and O–H groups in total. The van der Waals surface area contributed by atoms with Crippen molar-refractivity contribution < 1.29 is 14.3 Å². The lowest BCUT2D eigenvalue weighted by molar-refractivity contribution is 0.206. The lowest BCUT2D eigenvalue weighted by Gasteiger charge is -2.25. The molecule has 32 heavy (non-hydrogen) atoms. The smallest absolute Gasteiger partial charge is 0.322 e. The zero-order valence-corrected chi connectivity index (χ0v) is 22.0. The van der Waals surface area contributed by atoms with Crippen LogP contribution in [-0.4, -0.2) is 25.2 Å². The molecule has 0 aliphatic heterocycles. The number of anilines is 1. The van der Waals surface area contributed by atoms with Crippen LogP contribution in [0.25, 0.3) is 0 Å². The largest absolute Gasteiger partial charge is 0.497 e. The minimum absolute atomic E-state index is 0.311. The molecule has 0 aromatic heterocycles. The van der Waals surface area contributed by atoms with Gasteiger partial charge in [0.25, 0.3) is 0 Å². The molecule has 0 unspecified atom stereocenters. The quantitative estimate of drug-likeness (QED) is 0.301. The van der Waals surface area contributed by atoms with Crippen LogP contribution >= 0.6 is 55.1 Å². The molecule has 5 nitrogen and oxygen atoms in total. The Morgan fingerprint density at radius 3 is 2.00 bits per heavy atom. The van der Waals surface area contributed by atoms with Crippen molar-refractivity contribution >= 4 is 66.8 Å². The van der Waals surface area contributed by atoms with Gasteiger partial charge in [0.2, 0.25) is 0 Å². The fourth-order valence-electron chi connectivity index (χ4n) is 2.99. The first-order valence-corrected chi connectivity index (χ1v) is 11.8. The summed E-state index contributed by atoms with van der Waals surface area (Å²) in [5, 5.41) is 3.57. The molecule has 0 spiro atoms. The summed E-state index contributed by atoms with van der Waals surface area (Å²) in [7, 11) is 3.21. The Hall–Kier alpha value is -1.93. The molecule has 0 fully saturated rings. The average molecular weight is 603 g/mol. The highest BCUT2D eigenvalue weighted by atomic mass is 79.9. The SMILES string of the molecule is COc1ccc(CN(Cc2c(Br)cc(OC)cc2Br)C(=O)Nc2c(Cl)cccc2Cl)cc1. The van der Waals surface area contributed by atoms with E-state index in [2.05, 4.69) is 37.2 Å². The Morgan fingerprint density at radius 1 is 0.906 bits per heavy atom. The number of carbonyl (C=O) groups is 1. The van der Waals surface area contributed by atoms with Crippen LogP contribution in [0, 0.1) is 0 Å². The van der Waals surface area contributed by atoms with Crippen molar-refractivity contribution in [3.8, 4) is 11.5 Å². The monoisotopic (exact) mass is 600 g/mol. The van der Waals surface area contributed by atoms with Crippen LogP contribution in [0.4, 0.5) is 10.5 Å². The topological polar surface area (TPSA) is 50.8 Å². The Kier molecular flexibility index (Phi) is 8.71. The predicted molar refractivity (Wildman–Crippen MR) is 136 cm³/mol. The molecule has 3 rings (SSSR count). The molecule has 0 saturated heterocycles. The van der Waals surface area contributed by atoms with E-state index < -0.39 is 0 Å². The number of methoxy groups -OCH3 is 2. The number of hydrogen-bond donors (Lipinski definition) is 1. The van der Waals surface area contributed by atoms with Gasteiger partial charge in [-0.15, -0.1) is 0 Å². The van der Waals surface area contributed by atoms with Gasteiger partial charge in [0.05, 0.1) is 36.5 Å². The Morgan fingerprint density at radius 2 is 1.47 bits per heavy atom. The summed E-state index contributed by atoms with van der Waals surface area (Å²) in [6, 6.07) is 16.0. The lowest BCUT2D eigenvalue weighted by Crippen LogP contribution is -2.34. The van der Waals surface area contributed by atoms with Crippen LogP contribution in [0.15, 0.2) is 63.5 Å². The second-order valence-corrected chi connectivity index (χ2v) is 9.32. The van der Waals surface area contributed by atoms with Crippen LogP contribution in [0.5, 0.6) is 11.5 Å². The van der Waals surface area contributed by atoms with E-state index in [1.54, 1.807) is 37.3 Å². The standard InChI is InChI=1S/C23H20Br2Cl2N2O3/c1-31-15-8-6-14(7-9-15)12-29(13-17-18(24)10-16(32-2)11-19(17)25)23(30)28-22-20(26)4-3-5-21(22)27/h3-11H,12-13H2,1-2H3,(H,28,30). The number of nitrogens with zero attached hydrogens (tertiary/aromatic N) is 1. The molecule has 2 amide bonds. The van der Waals surface area contributed by atoms with Gasteiger partial charge in [-0.2, -0.15) is 0 Å². The number of benzene rings is 3. The number of hydrogen-bond acceptors (Lipinski definition) is 3. The summed E-state index contributed by atoms with van der Waals surface area (Å²) in [6.07, 6.45) is 0. The maximum absolute atomic E-state index is 13.3. The lowest BCUT2D eigenvalue weighted by atomic mass is 10.1. The third-order valence-electron chi connectivity index (χ3n) is 4.71. The van der Waals surface area contributed by atoms with Crippen molar-refractivity contribution in [2.45, 2.75) is 13.1 Å². The van der Waals surface area contributed by atoms with Gasteiger partial charge in [0, 0.05) is 21.1 Å². The van der Waals surface area contributed by atoms with Crippen molar-refractivity contribution in [2.24, 2.45) is 0 Å². The van der Waals surface area contributed by atoms with E-state index in [4.69, 9.17) is 32.7 Å². The van der Waals surface area contributed by atoms with E-state index >= 15 is 0 Å². The first kappa shape index (κ1) is 24.7. The van der Waals surface area contributed by atoms with Gasteiger partial charge in [-0.05, 0) is 42.0 Å². The number of amides is 2. The van der Waals surface area contributed by atoms with Gasteiger partial charge in [0.1, 0.15) is 11.5 Å². The van der Waals surface area contributed by atoms with Crippen LogP contribution in [0.2, 0.25) is 10.0 Å². The number of halogens is 4. The fraction of sp³-hybridized carbons (Fsp3) is 0.174. The summed E-state index contributed by atoms with van der Waals surface area (Å²) in [5.41, 5.74) is 2.19.